The Morgan fingerprint density at radius 1 is 1.52 bits per heavy atom. The molecule has 0 aromatic heterocycles. The lowest BCUT2D eigenvalue weighted by atomic mass is 9.85. The number of hydrogen-bond donors (Lipinski definition) is 1. The summed E-state index contributed by atoms with van der Waals surface area (Å²) in [5, 5.41) is 9.04. The van der Waals surface area contributed by atoms with E-state index >= 15 is 0 Å². The number of rotatable bonds is 8. The lowest BCUT2D eigenvalue weighted by Crippen LogP contribution is -2.28. The van der Waals surface area contributed by atoms with Gasteiger partial charge in [0.05, 0.1) is 12.2 Å². The fourth-order valence-electron chi connectivity index (χ4n) is 2.94. The number of cyclic esters (lactones) is 1. The second kappa shape index (κ2) is 6.16. The standard InChI is InChI=1S/C17H24O4/c1-5-6-9-17(4)15(21-17)14-13(8-7-11(2)10-18)12(3)16(19)20-14/h5,13-15,18H,1-3,6-10H2,4H3/t13-,14-,15+,17+/m0/s1. The van der Waals surface area contributed by atoms with Crippen LogP contribution >= 0.6 is 0 Å². The van der Waals surface area contributed by atoms with Crippen LogP contribution < -0.4 is 0 Å². The molecule has 0 saturated carbocycles. The van der Waals surface area contributed by atoms with Gasteiger partial charge in [-0.3, -0.25) is 0 Å². The second-order valence-electron chi connectivity index (χ2n) is 6.13. The Labute approximate surface area is 126 Å². The Hall–Kier alpha value is -1.39. The lowest BCUT2D eigenvalue weighted by Gasteiger charge is -2.17. The number of aliphatic hydroxyl groups excluding tert-OH is 1. The Bertz CT molecular complexity index is 467. The molecule has 0 amide bonds. The van der Waals surface area contributed by atoms with Crippen molar-refractivity contribution in [1.29, 1.82) is 0 Å². The molecule has 2 saturated heterocycles. The largest absolute Gasteiger partial charge is 0.455 e. The smallest absolute Gasteiger partial charge is 0.334 e. The predicted octanol–water partition coefficient (Wildman–Crippen LogP) is 2.54. The molecule has 4 atom stereocenters. The highest BCUT2D eigenvalue weighted by atomic mass is 16.6. The Morgan fingerprint density at radius 3 is 2.86 bits per heavy atom. The van der Waals surface area contributed by atoms with Gasteiger partial charge in [0, 0.05) is 11.5 Å². The molecule has 4 heteroatoms. The first kappa shape index (κ1) is 16.0. The fourth-order valence-corrected chi connectivity index (χ4v) is 2.94. The molecule has 4 nitrogen and oxygen atoms in total. The number of ether oxygens (including phenoxy) is 2. The number of aliphatic hydroxyl groups is 1. The van der Waals surface area contributed by atoms with Gasteiger partial charge in [-0.05, 0) is 32.6 Å². The van der Waals surface area contributed by atoms with Gasteiger partial charge in [0.25, 0.3) is 0 Å². The number of epoxide rings is 1. The number of esters is 1. The molecule has 0 aliphatic carbocycles. The van der Waals surface area contributed by atoms with Crippen molar-refractivity contribution in [3.8, 4) is 0 Å². The molecular weight excluding hydrogens is 268 g/mol. The second-order valence-corrected chi connectivity index (χ2v) is 6.13. The molecule has 2 aliphatic rings. The predicted molar refractivity (Wildman–Crippen MR) is 80.7 cm³/mol. The maximum Gasteiger partial charge on any atom is 0.334 e. The summed E-state index contributed by atoms with van der Waals surface area (Å²) in [6, 6.07) is 0. The summed E-state index contributed by atoms with van der Waals surface area (Å²) in [5.74, 6) is -0.391. The zero-order chi connectivity index (χ0) is 15.6. The summed E-state index contributed by atoms with van der Waals surface area (Å²) in [6.45, 7) is 13.4. The summed E-state index contributed by atoms with van der Waals surface area (Å²) in [7, 11) is 0. The molecule has 0 unspecified atom stereocenters. The van der Waals surface area contributed by atoms with E-state index in [0.717, 1.165) is 18.4 Å². The molecule has 0 aromatic carbocycles. The van der Waals surface area contributed by atoms with E-state index in [1.54, 1.807) is 0 Å². The van der Waals surface area contributed by atoms with Crippen molar-refractivity contribution in [2.24, 2.45) is 5.92 Å². The van der Waals surface area contributed by atoms with Crippen LogP contribution in [0.3, 0.4) is 0 Å². The van der Waals surface area contributed by atoms with Crippen LogP contribution in [0.4, 0.5) is 0 Å². The van der Waals surface area contributed by atoms with E-state index in [2.05, 4.69) is 19.7 Å². The highest BCUT2D eigenvalue weighted by Crippen LogP contribution is 2.49. The fraction of sp³-hybridized carbons (Fsp3) is 0.588. The Morgan fingerprint density at radius 2 is 2.24 bits per heavy atom. The average molecular weight is 292 g/mol. The van der Waals surface area contributed by atoms with Crippen LogP contribution in [-0.4, -0.2) is 35.5 Å². The molecule has 0 aromatic rings. The molecule has 0 spiro atoms. The van der Waals surface area contributed by atoms with Gasteiger partial charge in [-0.15, -0.1) is 6.58 Å². The molecular formula is C17H24O4. The molecule has 116 valence electrons. The highest BCUT2D eigenvalue weighted by molar-refractivity contribution is 5.91. The Balaban J connectivity index is 2.00. The normalized spacial score (nSPS) is 34.7. The molecule has 2 rings (SSSR count). The van der Waals surface area contributed by atoms with E-state index in [-0.39, 0.29) is 36.3 Å². The zero-order valence-electron chi connectivity index (χ0n) is 12.6. The van der Waals surface area contributed by atoms with Gasteiger partial charge < -0.3 is 14.6 Å². The van der Waals surface area contributed by atoms with Crippen molar-refractivity contribution in [2.75, 3.05) is 6.61 Å². The average Bonchev–Trinajstić information content (AvgIpc) is 3.06. The summed E-state index contributed by atoms with van der Waals surface area (Å²) in [6.07, 6.45) is 4.62. The van der Waals surface area contributed by atoms with Crippen LogP contribution in [0, 0.1) is 5.92 Å². The summed E-state index contributed by atoms with van der Waals surface area (Å²) >= 11 is 0. The first-order valence-corrected chi connectivity index (χ1v) is 7.39. The van der Waals surface area contributed by atoms with Gasteiger partial charge >= 0.3 is 5.97 Å². The quantitative estimate of drug-likeness (QED) is 0.323. The third-order valence-corrected chi connectivity index (χ3v) is 4.47. The maximum atomic E-state index is 11.8. The van der Waals surface area contributed by atoms with E-state index in [1.165, 1.54) is 0 Å². The first-order valence-electron chi connectivity index (χ1n) is 7.39. The van der Waals surface area contributed by atoms with Crippen molar-refractivity contribution in [3.05, 3.63) is 37.0 Å². The van der Waals surface area contributed by atoms with Gasteiger partial charge in [0.15, 0.2) is 0 Å². The number of carbonyl (C=O) groups excluding carboxylic acids is 1. The molecule has 1 N–H and O–H groups in total. The van der Waals surface area contributed by atoms with Crippen molar-refractivity contribution >= 4 is 5.97 Å². The number of carbonyl (C=O) groups is 1. The molecule has 2 fully saturated rings. The van der Waals surface area contributed by atoms with Crippen molar-refractivity contribution in [3.63, 3.8) is 0 Å². The van der Waals surface area contributed by atoms with Gasteiger partial charge in [-0.25, -0.2) is 4.79 Å². The molecule has 2 heterocycles. The third kappa shape index (κ3) is 3.27. The molecule has 0 radical (unpaired) electrons. The van der Waals surface area contributed by atoms with E-state index in [4.69, 9.17) is 14.6 Å². The third-order valence-electron chi connectivity index (χ3n) is 4.47. The zero-order valence-corrected chi connectivity index (χ0v) is 12.6. The van der Waals surface area contributed by atoms with Crippen molar-refractivity contribution < 1.29 is 19.4 Å². The van der Waals surface area contributed by atoms with Crippen LogP contribution in [0.5, 0.6) is 0 Å². The van der Waals surface area contributed by atoms with E-state index < -0.39 is 0 Å². The van der Waals surface area contributed by atoms with Gasteiger partial charge in [-0.2, -0.15) is 0 Å². The van der Waals surface area contributed by atoms with Crippen LogP contribution in [0.15, 0.2) is 37.0 Å². The maximum absolute atomic E-state index is 11.8. The monoisotopic (exact) mass is 292 g/mol. The van der Waals surface area contributed by atoms with E-state index in [0.29, 0.717) is 18.4 Å². The van der Waals surface area contributed by atoms with Gasteiger partial charge in [0.2, 0.25) is 0 Å². The lowest BCUT2D eigenvalue weighted by molar-refractivity contribution is -0.140. The van der Waals surface area contributed by atoms with Gasteiger partial charge in [0.1, 0.15) is 12.2 Å². The van der Waals surface area contributed by atoms with Gasteiger partial charge in [-0.1, -0.05) is 24.8 Å². The minimum Gasteiger partial charge on any atom is -0.455 e. The minimum absolute atomic E-state index is 0.0321. The number of hydrogen-bond acceptors (Lipinski definition) is 4. The van der Waals surface area contributed by atoms with Crippen LogP contribution in [-0.2, 0) is 14.3 Å². The van der Waals surface area contributed by atoms with Crippen LogP contribution in [0.2, 0.25) is 0 Å². The Kier molecular flexibility index (Phi) is 4.69. The molecule has 21 heavy (non-hydrogen) atoms. The van der Waals surface area contributed by atoms with Crippen LogP contribution in [0.1, 0.15) is 32.6 Å². The topological polar surface area (TPSA) is 59.1 Å². The minimum atomic E-state index is -0.332. The first-order chi connectivity index (χ1) is 9.92. The van der Waals surface area contributed by atoms with E-state index in [1.807, 2.05) is 13.0 Å². The molecule has 0 bridgehead atoms. The highest BCUT2D eigenvalue weighted by Gasteiger charge is 2.61. The SMILES string of the molecule is C=CCC[C@@]1(C)O[C@@H]1[C@H]1OC(=O)C(=C)[C@@H]1CCC(=C)CO. The summed E-state index contributed by atoms with van der Waals surface area (Å²) in [5.41, 5.74) is 1.02. The van der Waals surface area contributed by atoms with Crippen molar-refractivity contribution in [2.45, 2.75) is 50.4 Å². The number of allylic oxidation sites excluding steroid dienone is 1. The summed E-state index contributed by atoms with van der Waals surface area (Å²) < 4.78 is 11.3. The summed E-state index contributed by atoms with van der Waals surface area (Å²) in [4.78, 5) is 11.8. The molecule has 2 aliphatic heterocycles. The van der Waals surface area contributed by atoms with Crippen molar-refractivity contribution in [1.82, 2.24) is 0 Å². The van der Waals surface area contributed by atoms with Crippen LogP contribution in [0.25, 0.3) is 0 Å². The van der Waals surface area contributed by atoms with E-state index in [9.17, 15) is 4.79 Å².